The molecular weight excluding hydrogens is 360 g/mol. The van der Waals surface area contributed by atoms with Gasteiger partial charge in [-0.15, -0.1) is 10.2 Å². The zero-order chi connectivity index (χ0) is 19.4. The summed E-state index contributed by atoms with van der Waals surface area (Å²) < 4.78 is 4.09. The predicted molar refractivity (Wildman–Crippen MR) is 106 cm³/mol. The molecule has 0 saturated heterocycles. The van der Waals surface area contributed by atoms with Crippen molar-refractivity contribution in [3.63, 3.8) is 0 Å². The van der Waals surface area contributed by atoms with Gasteiger partial charge in [0.15, 0.2) is 5.16 Å². The van der Waals surface area contributed by atoms with Crippen LogP contribution in [0, 0.1) is 25.2 Å². The number of thioether (sulfide) groups is 1. The van der Waals surface area contributed by atoms with Gasteiger partial charge in [0.05, 0.1) is 11.3 Å². The topological polar surface area (TPSA) is 88.5 Å². The number of nitrogens with one attached hydrogen (secondary N) is 1. The zero-order valence-corrected chi connectivity index (χ0v) is 17.0. The molecule has 0 aromatic carbocycles. The van der Waals surface area contributed by atoms with Gasteiger partial charge in [0, 0.05) is 18.3 Å². The lowest BCUT2D eigenvalue weighted by Crippen LogP contribution is -2.22. The fraction of sp³-hybridized carbons (Fsp3) is 0.579. The maximum absolute atomic E-state index is 12.6. The van der Waals surface area contributed by atoms with Gasteiger partial charge >= 0.3 is 0 Å². The van der Waals surface area contributed by atoms with Crippen LogP contribution in [0.25, 0.3) is 0 Å². The largest absolute Gasteiger partial charge is 0.327 e. The highest BCUT2D eigenvalue weighted by Gasteiger charge is 2.26. The first-order valence-electron chi connectivity index (χ1n) is 9.48. The molecule has 1 amide bonds. The summed E-state index contributed by atoms with van der Waals surface area (Å²) >= 11 is 1.36. The van der Waals surface area contributed by atoms with Crippen molar-refractivity contribution in [1.82, 2.24) is 19.3 Å². The number of nitriles is 1. The zero-order valence-electron chi connectivity index (χ0n) is 16.2. The quantitative estimate of drug-likeness (QED) is 0.762. The van der Waals surface area contributed by atoms with Crippen LogP contribution in [0.1, 0.15) is 61.9 Å². The van der Waals surface area contributed by atoms with Gasteiger partial charge < -0.3 is 14.5 Å². The Balaban J connectivity index is 1.79. The van der Waals surface area contributed by atoms with Crippen LogP contribution in [0.4, 0.5) is 5.82 Å². The Morgan fingerprint density at radius 1 is 1.37 bits per heavy atom. The van der Waals surface area contributed by atoms with Gasteiger partial charge in [-0.05, 0) is 39.2 Å². The van der Waals surface area contributed by atoms with E-state index < -0.39 is 0 Å². The summed E-state index contributed by atoms with van der Waals surface area (Å²) in [6.07, 6.45) is 7.50. The molecule has 1 fully saturated rings. The first-order chi connectivity index (χ1) is 13.1. The lowest BCUT2D eigenvalue weighted by atomic mass is 9.95. The van der Waals surface area contributed by atoms with Crippen LogP contribution in [-0.2, 0) is 11.3 Å². The van der Waals surface area contributed by atoms with E-state index in [2.05, 4.69) is 26.2 Å². The molecule has 7 nitrogen and oxygen atoms in total. The number of carbonyl (C=O) groups excluding carboxylic acids is 1. The van der Waals surface area contributed by atoms with E-state index in [0.29, 0.717) is 17.4 Å². The molecule has 2 heterocycles. The molecular formula is C19H26N6OS. The van der Waals surface area contributed by atoms with E-state index in [0.717, 1.165) is 35.8 Å². The molecule has 0 atom stereocenters. The summed E-state index contributed by atoms with van der Waals surface area (Å²) in [5.41, 5.74) is 2.61. The van der Waals surface area contributed by atoms with Crippen LogP contribution < -0.4 is 5.32 Å². The van der Waals surface area contributed by atoms with Gasteiger partial charge in [-0.2, -0.15) is 5.26 Å². The first-order valence-corrected chi connectivity index (χ1v) is 10.5. The minimum absolute atomic E-state index is 0.128. The lowest BCUT2D eigenvalue weighted by molar-refractivity contribution is -0.113. The Bertz CT molecular complexity index is 856. The van der Waals surface area contributed by atoms with E-state index in [-0.39, 0.29) is 11.7 Å². The van der Waals surface area contributed by atoms with Crippen molar-refractivity contribution in [1.29, 1.82) is 5.26 Å². The van der Waals surface area contributed by atoms with Crippen molar-refractivity contribution in [2.45, 2.75) is 70.6 Å². The Morgan fingerprint density at radius 3 is 2.78 bits per heavy atom. The van der Waals surface area contributed by atoms with E-state index in [1.807, 2.05) is 25.3 Å². The molecule has 2 aromatic heterocycles. The molecule has 27 heavy (non-hydrogen) atoms. The molecule has 0 radical (unpaired) electrons. The molecule has 0 spiro atoms. The number of anilines is 1. The minimum Gasteiger partial charge on any atom is -0.327 e. The number of rotatable bonds is 6. The summed E-state index contributed by atoms with van der Waals surface area (Å²) in [5, 5.41) is 21.3. The predicted octanol–water partition coefficient (Wildman–Crippen LogP) is 3.82. The van der Waals surface area contributed by atoms with Crippen molar-refractivity contribution in [2.24, 2.45) is 0 Å². The molecule has 0 bridgehead atoms. The van der Waals surface area contributed by atoms with Crippen molar-refractivity contribution < 1.29 is 4.79 Å². The molecule has 0 unspecified atom stereocenters. The van der Waals surface area contributed by atoms with E-state index >= 15 is 0 Å². The molecule has 1 aliphatic carbocycles. The van der Waals surface area contributed by atoms with Crippen molar-refractivity contribution >= 4 is 23.5 Å². The molecule has 2 aromatic rings. The highest BCUT2D eigenvalue weighted by molar-refractivity contribution is 7.99. The lowest BCUT2D eigenvalue weighted by Gasteiger charge is -2.27. The number of aromatic nitrogens is 4. The van der Waals surface area contributed by atoms with E-state index in [4.69, 9.17) is 0 Å². The van der Waals surface area contributed by atoms with Gasteiger partial charge in [0.2, 0.25) is 5.91 Å². The Kier molecular flexibility index (Phi) is 6.22. The van der Waals surface area contributed by atoms with E-state index in [1.165, 1.54) is 31.0 Å². The molecule has 144 valence electrons. The van der Waals surface area contributed by atoms with Crippen LogP contribution in [0.3, 0.4) is 0 Å². The number of amides is 1. The molecule has 1 aliphatic rings. The van der Waals surface area contributed by atoms with Gasteiger partial charge in [-0.3, -0.25) is 4.79 Å². The summed E-state index contributed by atoms with van der Waals surface area (Å²) in [5.74, 6) is 0.760. The highest BCUT2D eigenvalue weighted by atomic mass is 32.2. The van der Waals surface area contributed by atoms with Crippen LogP contribution >= 0.6 is 11.8 Å². The van der Waals surface area contributed by atoms with E-state index in [9.17, 15) is 10.1 Å². The second-order valence-electron chi connectivity index (χ2n) is 6.94. The Labute approximate surface area is 164 Å². The number of nitrogens with zero attached hydrogens (tertiary/aromatic N) is 5. The molecule has 1 saturated carbocycles. The van der Waals surface area contributed by atoms with Crippen molar-refractivity contribution in [3.8, 4) is 6.07 Å². The molecule has 0 aliphatic heterocycles. The van der Waals surface area contributed by atoms with Crippen LogP contribution in [0.2, 0.25) is 0 Å². The average Bonchev–Trinajstić information content (AvgIpc) is 3.23. The highest BCUT2D eigenvalue weighted by Crippen LogP contribution is 2.36. The van der Waals surface area contributed by atoms with Crippen molar-refractivity contribution in [3.05, 3.63) is 23.1 Å². The number of hydrogen-bond acceptors (Lipinski definition) is 5. The number of hydrogen-bond donors (Lipinski definition) is 1. The fourth-order valence-electron chi connectivity index (χ4n) is 3.75. The third-order valence-corrected chi connectivity index (χ3v) is 6.30. The molecule has 3 rings (SSSR count). The van der Waals surface area contributed by atoms with Crippen LogP contribution in [0.15, 0.2) is 11.5 Å². The standard InChI is InChI=1S/C19H26N6OS/c1-4-24-12-21-23-19(24)27-11-17(26)22-18-16(10-20)13(2)14(3)25(18)15-8-6-5-7-9-15/h12,15H,4-9,11H2,1-3H3,(H,22,26). The van der Waals surface area contributed by atoms with E-state index in [1.54, 1.807) is 6.33 Å². The number of aryl methyl sites for hydroxylation is 1. The monoisotopic (exact) mass is 386 g/mol. The number of carbonyl (C=O) groups is 1. The third kappa shape index (κ3) is 4.03. The van der Waals surface area contributed by atoms with Crippen LogP contribution in [0.5, 0.6) is 0 Å². The smallest absolute Gasteiger partial charge is 0.235 e. The summed E-state index contributed by atoms with van der Waals surface area (Å²) in [4.78, 5) is 12.6. The van der Waals surface area contributed by atoms with Crippen molar-refractivity contribution in [2.75, 3.05) is 11.1 Å². The second-order valence-corrected chi connectivity index (χ2v) is 7.89. The maximum atomic E-state index is 12.6. The van der Waals surface area contributed by atoms with Gasteiger partial charge in [-0.25, -0.2) is 0 Å². The molecule has 8 heteroatoms. The van der Waals surface area contributed by atoms with Gasteiger partial charge in [0.25, 0.3) is 0 Å². The van der Waals surface area contributed by atoms with Gasteiger partial charge in [0.1, 0.15) is 18.2 Å². The summed E-state index contributed by atoms with van der Waals surface area (Å²) in [7, 11) is 0. The second kappa shape index (κ2) is 8.61. The normalized spacial score (nSPS) is 14.9. The van der Waals surface area contributed by atoms with Crippen LogP contribution in [-0.4, -0.2) is 31.0 Å². The summed E-state index contributed by atoms with van der Waals surface area (Å²) in [6.45, 7) is 6.77. The SMILES string of the molecule is CCn1cnnc1SCC(=O)Nc1c(C#N)c(C)c(C)n1C1CCCCC1. The first kappa shape index (κ1) is 19.5. The van der Waals surface area contributed by atoms with Gasteiger partial charge in [-0.1, -0.05) is 31.0 Å². The average molecular weight is 387 g/mol. The third-order valence-electron chi connectivity index (χ3n) is 5.32. The Hall–Kier alpha value is -2.27. The minimum atomic E-state index is -0.128. The summed E-state index contributed by atoms with van der Waals surface area (Å²) in [6, 6.07) is 2.64. The fourth-order valence-corrected chi connectivity index (χ4v) is 4.53. The molecule has 1 N–H and O–H groups in total. The Morgan fingerprint density at radius 2 is 2.11 bits per heavy atom. The maximum Gasteiger partial charge on any atom is 0.235 e.